The molecule has 1 aromatic carbocycles. The monoisotopic (exact) mass is 279 g/mol. The third-order valence-electron chi connectivity index (χ3n) is 4.70. The van der Waals surface area contributed by atoms with Crippen molar-refractivity contribution in [1.82, 2.24) is 5.32 Å². The van der Waals surface area contributed by atoms with Gasteiger partial charge in [-0.1, -0.05) is 30.7 Å². The van der Waals surface area contributed by atoms with E-state index in [4.69, 9.17) is 16.3 Å². The molecule has 1 spiro atoms. The largest absolute Gasteiger partial charge is 0.370 e. The van der Waals surface area contributed by atoms with Gasteiger partial charge in [-0.05, 0) is 49.3 Å². The third-order valence-corrected chi connectivity index (χ3v) is 4.95. The van der Waals surface area contributed by atoms with Crippen molar-refractivity contribution in [1.29, 1.82) is 0 Å². The fourth-order valence-electron chi connectivity index (χ4n) is 3.21. The predicted molar refractivity (Wildman–Crippen MR) is 78.5 cm³/mol. The number of rotatable bonds is 1. The van der Waals surface area contributed by atoms with Gasteiger partial charge < -0.3 is 10.1 Å². The van der Waals surface area contributed by atoms with E-state index in [1.807, 2.05) is 12.1 Å². The van der Waals surface area contributed by atoms with E-state index >= 15 is 0 Å². The summed E-state index contributed by atoms with van der Waals surface area (Å²) >= 11 is 5.92. The van der Waals surface area contributed by atoms with Crippen LogP contribution in [0.15, 0.2) is 24.3 Å². The first-order valence-electron chi connectivity index (χ1n) is 7.29. The smallest absolute Gasteiger partial charge is 0.0950 e. The van der Waals surface area contributed by atoms with E-state index in [0.717, 1.165) is 24.1 Å². The van der Waals surface area contributed by atoms with Crippen LogP contribution < -0.4 is 5.32 Å². The number of ether oxygens (including phenoxy) is 1. The first kappa shape index (κ1) is 13.4. The van der Waals surface area contributed by atoms with E-state index in [9.17, 15) is 0 Å². The number of nitrogens with one attached hydrogen (secondary N) is 1. The Bertz CT molecular complexity index is 413. The molecular weight excluding hydrogens is 258 g/mol. The van der Waals surface area contributed by atoms with Crippen LogP contribution in [0.1, 0.15) is 44.3 Å². The molecule has 1 aliphatic heterocycles. The molecule has 2 fully saturated rings. The average Bonchev–Trinajstić information content (AvgIpc) is 2.44. The fraction of sp³-hybridized carbons (Fsp3) is 0.625. The Labute approximate surface area is 120 Å². The van der Waals surface area contributed by atoms with Gasteiger partial charge in [0.1, 0.15) is 0 Å². The minimum Gasteiger partial charge on any atom is -0.370 e. The highest BCUT2D eigenvalue weighted by atomic mass is 35.5. The van der Waals surface area contributed by atoms with Crippen molar-refractivity contribution >= 4 is 11.6 Å². The van der Waals surface area contributed by atoms with Crippen LogP contribution in [0.5, 0.6) is 0 Å². The summed E-state index contributed by atoms with van der Waals surface area (Å²) in [4.78, 5) is 0. The zero-order valence-electron chi connectivity index (χ0n) is 11.5. The summed E-state index contributed by atoms with van der Waals surface area (Å²) in [5.41, 5.74) is 1.46. The summed E-state index contributed by atoms with van der Waals surface area (Å²) in [6, 6.07) is 8.01. The molecule has 0 radical (unpaired) electrons. The molecule has 1 N–H and O–H groups in total. The van der Waals surface area contributed by atoms with Crippen LogP contribution in [0, 0.1) is 5.92 Å². The predicted octanol–water partition coefficient (Wildman–Crippen LogP) is 3.95. The lowest BCUT2D eigenvalue weighted by atomic mass is 9.77. The molecule has 1 atom stereocenters. The Morgan fingerprint density at radius 3 is 2.47 bits per heavy atom. The van der Waals surface area contributed by atoms with E-state index in [1.54, 1.807) is 0 Å². The zero-order valence-corrected chi connectivity index (χ0v) is 12.2. The summed E-state index contributed by atoms with van der Waals surface area (Å²) in [5, 5.41) is 4.54. The normalized spacial score (nSPS) is 35.5. The molecule has 1 saturated carbocycles. The van der Waals surface area contributed by atoms with Crippen LogP contribution in [0.25, 0.3) is 0 Å². The van der Waals surface area contributed by atoms with Gasteiger partial charge in [0.25, 0.3) is 0 Å². The van der Waals surface area contributed by atoms with E-state index in [1.165, 1.54) is 31.2 Å². The Hall–Kier alpha value is -0.570. The molecule has 1 heterocycles. The van der Waals surface area contributed by atoms with E-state index in [-0.39, 0.29) is 11.6 Å². The Morgan fingerprint density at radius 1 is 1.21 bits per heavy atom. The number of halogens is 1. The third kappa shape index (κ3) is 2.96. The minimum atomic E-state index is 0.169. The summed E-state index contributed by atoms with van der Waals surface area (Å²) in [5.74, 6) is 0.876. The minimum absolute atomic E-state index is 0.169. The lowest BCUT2D eigenvalue weighted by Gasteiger charge is -2.45. The van der Waals surface area contributed by atoms with Gasteiger partial charge in [0.15, 0.2) is 0 Å². The second-order valence-electron chi connectivity index (χ2n) is 6.19. The van der Waals surface area contributed by atoms with Gasteiger partial charge in [0, 0.05) is 17.1 Å². The second kappa shape index (κ2) is 5.43. The first-order chi connectivity index (χ1) is 9.17. The zero-order chi connectivity index (χ0) is 13.3. The van der Waals surface area contributed by atoms with Gasteiger partial charge in [-0.3, -0.25) is 0 Å². The number of hydrogen-bond donors (Lipinski definition) is 1. The fourth-order valence-corrected chi connectivity index (χ4v) is 3.33. The van der Waals surface area contributed by atoms with Crippen molar-refractivity contribution in [3.05, 3.63) is 34.9 Å². The molecule has 1 aromatic rings. The van der Waals surface area contributed by atoms with Crippen LogP contribution >= 0.6 is 11.6 Å². The molecule has 1 aliphatic carbocycles. The topological polar surface area (TPSA) is 21.3 Å². The summed E-state index contributed by atoms with van der Waals surface area (Å²) in [7, 11) is 0. The van der Waals surface area contributed by atoms with Gasteiger partial charge in [0.05, 0.1) is 12.7 Å². The van der Waals surface area contributed by atoms with Crippen molar-refractivity contribution in [3.8, 4) is 0 Å². The summed E-state index contributed by atoms with van der Waals surface area (Å²) < 4.78 is 6.13. The molecule has 2 nitrogen and oxygen atoms in total. The van der Waals surface area contributed by atoms with Crippen molar-refractivity contribution in [3.63, 3.8) is 0 Å². The van der Waals surface area contributed by atoms with Crippen molar-refractivity contribution in [2.75, 3.05) is 13.2 Å². The maximum Gasteiger partial charge on any atom is 0.0950 e. The molecule has 3 heteroatoms. The molecule has 0 aromatic heterocycles. The van der Waals surface area contributed by atoms with Gasteiger partial charge >= 0.3 is 0 Å². The first-order valence-corrected chi connectivity index (χ1v) is 7.67. The highest BCUT2D eigenvalue weighted by Crippen LogP contribution is 2.36. The lowest BCUT2D eigenvalue weighted by Crippen LogP contribution is -2.56. The van der Waals surface area contributed by atoms with Crippen LogP contribution in [0.4, 0.5) is 0 Å². The molecule has 3 rings (SSSR count). The van der Waals surface area contributed by atoms with E-state index in [0.29, 0.717) is 0 Å². The van der Waals surface area contributed by atoms with E-state index < -0.39 is 0 Å². The number of hydrogen-bond acceptors (Lipinski definition) is 2. The van der Waals surface area contributed by atoms with Crippen LogP contribution in [-0.2, 0) is 4.74 Å². The molecular formula is C16H22ClNO. The van der Waals surface area contributed by atoms with Gasteiger partial charge in [-0.15, -0.1) is 0 Å². The maximum atomic E-state index is 6.13. The Morgan fingerprint density at radius 2 is 1.89 bits per heavy atom. The molecule has 104 valence electrons. The van der Waals surface area contributed by atoms with Crippen molar-refractivity contribution in [2.24, 2.45) is 5.92 Å². The lowest BCUT2D eigenvalue weighted by molar-refractivity contribution is -0.0504. The van der Waals surface area contributed by atoms with Crippen LogP contribution in [0.3, 0.4) is 0 Å². The SMILES string of the molecule is CC1CCC2(CC1)COC(c1ccc(Cl)cc1)CN2. The quantitative estimate of drug-likeness (QED) is 0.840. The van der Waals surface area contributed by atoms with Crippen molar-refractivity contribution < 1.29 is 4.74 Å². The standard InChI is InChI=1S/C16H22ClNO/c1-12-6-8-16(9-7-12)11-19-15(10-18-16)13-2-4-14(17)5-3-13/h2-5,12,15,18H,6-11H2,1H3. The molecule has 0 bridgehead atoms. The molecule has 1 unspecified atom stereocenters. The van der Waals surface area contributed by atoms with Gasteiger partial charge in [-0.2, -0.15) is 0 Å². The van der Waals surface area contributed by atoms with E-state index in [2.05, 4.69) is 24.4 Å². The van der Waals surface area contributed by atoms with Crippen LogP contribution in [0.2, 0.25) is 5.02 Å². The maximum absolute atomic E-state index is 6.13. The van der Waals surface area contributed by atoms with Crippen LogP contribution in [-0.4, -0.2) is 18.7 Å². The highest BCUT2D eigenvalue weighted by Gasteiger charge is 2.38. The molecule has 1 saturated heterocycles. The molecule has 2 aliphatic rings. The Balaban J connectivity index is 1.61. The Kier molecular flexibility index (Phi) is 3.84. The number of benzene rings is 1. The van der Waals surface area contributed by atoms with Gasteiger partial charge in [0.2, 0.25) is 0 Å². The average molecular weight is 280 g/mol. The van der Waals surface area contributed by atoms with Crippen molar-refractivity contribution in [2.45, 2.75) is 44.2 Å². The second-order valence-corrected chi connectivity index (χ2v) is 6.63. The highest BCUT2D eigenvalue weighted by molar-refractivity contribution is 6.30. The molecule has 19 heavy (non-hydrogen) atoms. The number of morpholine rings is 1. The summed E-state index contributed by atoms with van der Waals surface area (Å²) in [6.07, 6.45) is 5.31. The molecule has 0 amide bonds. The van der Waals surface area contributed by atoms with Gasteiger partial charge in [-0.25, -0.2) is 0 Å². The summed E-state index contributed by atoms with van der Waals surface area (Å²) in [6.45, 7) is 4.11.